The molecular weight excluding hydrogens is 216 g/mol. The largest absolute Gasteiger partial charge is 0.390 e. The smallest absolute Gasteiger partial charge is 0.0904 e. The molecule has 0 bridgehead atoms. The van der Waals surface area contributed by atoms with E-state index < -0.39 is 11.7 Å². The summed E-state index contributed by atoms with van der Waals surface area (Å²) in [6.45, 7) is 5.85. The Balaban J connectivity index is 2.79. The minimum atomic E-state index is -0.989. The van der Waals surface area contributed by atoms with Crippen molar-refractivity contribution < 1.29 is 10.2 Å². The zero-order valence-corrected chi connectivity index (χ0v) is 11.3. The van der Waals surface area contributed by atoms with Crippen LogP contribution in [0.25, 0.3) is 0 Å². The van der Waals surface area contributed by atoms with Crippen LogP contribution in [0.2, 0.25) is 0 Å². The molecule has 1 unspecified atom stereocenters. The van der Waals surface area contributed by atoms with Crippen LogP contribution in [0.3, 0.4) is 0 Å². The molecule has 17 heavy (non-hydrogen) atoms. The summed E-state index contributed by atoms with van der Waals surface area (Å²) in [5, 5.41) is 24.7. The number of nitrogens with zero attached hydrogens (tertiary/aromatic N) is 2. The van der Waals surface area contributed by atoms with Gasteiger partial charge >= 0.3 is 0 Å². The minimum absolute atomic E-state index is 0.446. The van der Waals surface area contributed by atoms with Gasteiger partial charge in [0.1, 0.15) is 0 Å². The highest BCUT2D eigenvalue weighted by atomic mass is 16.3. The lowest BCUT2D eigenvalue weighted by Gasteiger charge is -2.30. The predicted molar refractivity (Wildman–Crippen MR) is 67.8 cm³/mol. The molecular formula is C13H24N2O2. The summed E-state index contributed by atoms with van der Waals surface area (Å²) in [6.07, 6.45) is 1.71. The maximum Gasteiger partial charge on any atom is 0.0904 e. The molecule has 0 amide bonds. The van der Waals surface area contributed by atoms with E-state index in [1.165, 1.54) is 0 Å². The number of aryl methyl sites for hydroxylation is 2. The summed E-state index contributed by atoms with van der Waals surface area (Å²) >= 11 is 0. The summed E-state index contributed by atoms with van der Waals surface area (Å²) in [6, 6.07) is 2.00. The molecule has 0 radical (unpaired) electrons. The molecule has 0 saturated carbocycles. The molecule has 0 fully saturated rings. The molecule has 4 heteroatoms. The van der Waals surface area contributed by atoms with E-state index in [4.69, 9.17) is 0 Å². The van der Waals surface area contributed by atoms with Crippen molar-refractivity contribution in [1.29, 1.82) is 0 Å². The first kappa shape index (κ1) is 14.2. The van der Waals surface area contributed by atoms with E-state index in [9.17, 15) is 10.2 Å². The standard InChI is InChI=1S/C13H24N2O2/c1-5-10-8-11(15(4)14-10)9-12(16)13(17,6-2)7-3/h8,12,16-17H,5-7,9H2,1-4H3. The fourth-order valence-electron chi connectivity index (χ4n) is 2.04. The van der Waals surface area contributed by atoms with Crippen LogP contribution in [0.5, 0.6) is 0 Å². The molecule has 4 nitrogen and oxygen atoms in total. The number of rotatable bonds is 6. The molecule has 0 aliphatic carbocycles. The molecule has 1 aromatic rings. The Morgan fingerprint density at radius 1 is 1.35 bits per heavy atom. The highest BCUT2D eigenvalue weighted by Crippen LogP contribution is 2.22. The van der Waals surface area contributed by atoms with Crippen LogP contribution in [0, 0.1) is 0 Å². The number of hydrogen-bond donors (Lipinski definition) is 2. The molecule has 1 rings (SSSR count). The van der Waals surface area contributed by atoms with E-state index in [1.54, 1.807) is 4.68 Å². The Kier molecular flexibility index (Phi) is 4.71. The number of hydrogen-bond acceptors (Lipinski definition) is 3. The first-order chi connectivity index (χ1) is 7.96. The molecule has 98 valence electrons. The average molecular weight is 240 g/mol. The summed E-state index contributed by atoms with van der Waals surface area (Å²) in [7, 11) is 1.87. The molecule has 0 aromatic carbocycles. The van der Waals surface area contributed by atoms with E-state index in [2.05, 4.69) is 12.0 Å². The van der Waals surface area contributed by atoms with E-state index in [0.29, 0.717) is 19.3 Å². The average Bonchev–Trinajstić information content (AvgIpc) is 2.69. The third kappa shape index (κ3) is 3.07. The van der Waals surface area contributed by atoms with Crippen LogP contribution < -0.4 is 0 Å². The summed E-state index contributed by atoms with van der Waals surface area (Å²) < 4.78 is 1.79. The SMILES string of the molecule is CCc1cc(CC(O)C(O)(CC)CC)n(C)n1. The topological polar surface area (TPSA) is 58.3 Å². The quantitative estimate of drug-likeness (QED) is 0.791. The van der Waals surface area contributed by atoms with Crippen molar-refractivity contribution >= 4 is 0 Å². The zero-order chi connectivity index (χ0) is 13.1. The van der Waals surface area contributed by atoms with Crippen molar-refractivity contribution in [3.05, 3.63) is 17.5 Å². The Bertz CT molecular complexity index is 356. The third-order valence-corrected chi connectivity index (χ3v) is 3.64. The monoisotopic (exact) mass is 240 g/mol. The number of aliphatic hydroxyl groups is 2. The number of aromatic nitrogens is 2. The maximum atomic E-state index is 10.2. The van der Waals surface area contributed by atoms with E-state index in [0.717, 1.165) is 17.8 Å². The van der Waals surface area contributed by atoms with Gasteiger partial charge in [0.15, 0.2) is 0 Å². The molecule has 1 aromatic heterocycles. The van der Waals surface area contributed by atoms with Gasteiger partial charge in [-0.15, -0.1) is 0 Å². The molecule has 2 N–H and O–H groups in total. The molecule has 0 spiro atoms. The van der Waals surface area contributed by atoms with Gasteiger partial charge < -0.3 is 10.2 Å². The molecule has 0 saturated heterocycles. The van der Waals surface area contributed by atoms with Crippen LogP contribution in [0.4, 0.5) is 0 Å². The fourth-order valence-corrected chi connectivity index (χ4v) is 2.04. The second kappa shape index (κ2) is 5.65. The molecule has 1 atom stereocenters. The Labute approximate surface area is 103 Å². The van der Waals surface area contributed by atoms with Crippen LogP contribution >= 0.6 is 0 Å². The number of aliphatic hydroxyl groups excluding tert-OH is 1. The lowest BCUT2D eigenvalue weighted by molar-refractivity contribution is -0.0796. The normalized spacial score (nSPS) is 14.0. The van der Waals surface area contributed by atoms with Gasteiger partial charge in [0, 0.05) is 19.2 Å². The van der Waals surface area contributed by atoms with Crippen molar-refractivity contribution in [2.24, 2.45) is 7.05 Å². The Morgan fingerprint density at radius 2 is 1.94 bits per heavy atom. The van der Waals surface area contributed by atoms with Gasteiger partial charge in [0.05, 0.1) is 17.4 Å². The van der Waals surface area contributed by atoms with Crippen molar-refractivity contribution in [2.45, 2.75) is 58.2 Å². The van der Waals surface area contributed by atoms with Crippen LogP contribution in [-0.4, -0.2) is 31.7 Å². The third-order valence-electron chi connectivity index (χ3n) is 3.64. The maximum absolute atomic E-state index is 10.2. The second-order valence-corrected chi connectivity index (χ2v) is 4.63. The molecule has 0 aliphatic rings. The van der Waals surface area contributed by atoms with Gasteiger partial charge in [-0.05, 0) is 25.3 Å². The highest BCUT2D eigenvalue weighted by Gasteiger charge is 2.32. The van der Waals surface area contributed by atoms with Crippen molar-refractivity contribution in [2.75, 3.05) is 0 Å². The Hall–Kier alpha value is -0.870. The van der Waals surface area contributed by atoms with Crippen molar-refractivity contribution in [3.63, 3.8) is 0 Å². The first-order valence-electron chi connectivity index (χ1n) is 6.39. The van der Waals surface area contributed by atoms with E-state index in [1.807, 2.05) is 27.0 Å². The Morgan fingerprint density at radius 3 is 2.35 bits per heavy atom. The summed E-state index contributed by atoms with van der Waals surface area (Å²) in [4.78, 5) is 0. The minimum Gasteiger partial charge on any atom is -0.390 e. The first-order valence-corrected chi connectivity index (χ1v) is 6.39. The van der Waals surface area contributed by atoms with Crippen molar-refractivity contribution in [3.8, 4) is 0 Å². The van der Waals surface area contributed by atoms with Gasteiger partial charge in [-0.25, -0.2) is 0 Å². The zero-order valence-electron chi connectivity index (χ0n) is 11.3. The predicted octanol–water partition coefficient (Wildman–Crippen LogP) is 1.44. The van der Waals surface area contributed by atoms with Gasteiger partial charge in [-0.2, -0.15) is 5.10 Å². The van der Waals surface area contributed by atoms with Gasteiger partial charge in [-0.1, -0.05) is 20.8 Å². The van der Waals surface area contributed by atoms with Gasteiger partial charge in [0.2, 0.25) is 0 Å². The lowest BCUT2D eigenvalue weighted by Crippen LogP contribution is -2.42. The van der Waals surface area contributed by atoms with Crippen LogP contribution in [0.1, 0.15) is 45.0 Å². The lowest BCUT2D eigenvalue weighted by atomic mass is 9.88. The highest BCUT2D eigenvalue weighted by molar-refractivity contribution is 5.12. The van der Waals surface area contributed by atoms with Crippen molar-refractivity contribution in [1.82, 2.24) is 9.78 Å². The summed E-state index contributed by atoms with van der Waals surface area (Å²) in [5.74, 6) is 0. The van der Waals surface area contributed by atoms with E-state index in [-0.39, 0.29) is 0 Å². The van der Waals surface area contributed by atoms with Crippen LogP contribution in [0.15, 0.2) is 6.07 Å². The van der Waals surface area contributed by atoms with Gasteiger partial charge in [-0.3, -0.25) is 4.68 Å². The van der Waals surface area contributed by atoms with Gasteiger partial charge in [0.25, 0.3) is 0 Å². The molecule has 0 aliphatic heterocycles. The second-order valence-electron chi connectivity index (χ2n) is 4.63. The molecule has 1 heterocycles. The van der Waals surface area contributed by atoms with E-state index >= 15 is 0 Å². The summed E-state index contributed by atoms with van der Waals surface area (Å²) in [5.41, 5.74) is 0.998. The van der Waals surface area contributed by atoms with Crippen LogP contribution in [-0.2, 0) is 19.9 Å². The fraction of sp³-hybridized carbons (Fsp3) is 0.769.